The van der Waals surface area contributed by atoms with Gasteiger partial charge in [-0.15, -0.1) is 0 Å². The van der Waals surface area contributed by atoms with Crippen molar-refractivity contribution in [1.29, 1.82) is 0 Å². The van der Waals surface area contributed by atoms with E-state index in [9.17, 15) is 17.6 Å². The first-order chi connectivity index (χ1) is 12.4. The number of aromatic nitrogens is 2. The Hall–Kier alpha value is -2.55. The maximum Gasteiger partial charge on any atom is 0.274 e. The first kappa shape index (κ1) is 18.2. The summed E-state index contributed by atoms with van der Waals surface area (Å²) in [6, 6.07) is 6.06. The summed E-state index contributed by atoms with van der Waals surface area (Å²) < 4.78 is 36.7. The van der Waals surface area contributed by atoms with Gasteiger partial charge in [-0.25, -0.2) is 22.8 Å². The predicted octanol–water partition coefficient (Wildman–Crippen LogP) is 1.49. The van der Waals surface area contributed by atoms with Crippen molar-refractivity contribution in [3.8, 4) is 0 Å². The molecule has 1 saturated heterocycles. The summed E-state index contributed by atoms with van der Waals surface area (Å²) in [6.45, 7) is 0.245. The molecule has 2 heterocycles. The number of hydrogen-bond donors (Lipinski definition) is 1. The molecule has 1 atom stereocenters. The Labute approximate surface area is 151 Å². The van der Waals surface area contributed by atoms with Crippen LogP contribution in [-0.4, -0.2) is 53.8 Å². The molecule has 1 aliphatic rings. The van der Waals surface area contributed by atoms with Crippen LogP contribution in [0, 0.1) is 5.82 Å². The number of benzene rings is 1. The largest absolute Gasteiger partial charge is 0.365 e. The van der Waals surface area contributed by atoms with Crippen LogP contribution in [0.3, 0.4) is 0 Å². The van der Waals surface area contributed by atoms with Gasteiger partial charge in [-0.1, -0.05) is 18.2 Å². The summed E-state index contributed by atoms with van der Waals surface area (Å²) in [6.07, 6.45) is 3.15. The molecule has 0 spiro atoms. The van der Waals surface area contributed by atoms with Crippen molar-refractivity contribution in [3.63, 3.8) is 0 Å². The Kier molecular flexibility index (Phi) is 5.17. The summed E-state index contributed by atoms with van der Waals surface area (Å²) in [7, 11) is -1.50. The summed E-state index contributed by atoms with van der Waals surface area (Å²) in [4.78, 5) is 22.0. The molecule has 2 aromatic rings. The number of hydrogen-bond acceptors (Lipinski definition) is 6. The van der Waals surface area contributed by atoms with Crippen molar-refractivity contribution < 1.29 is 17.6 Å². The zero-order valence-electron chi connectivity index (χ0n) is 14.2. The van der Waals surface area contributed by atoms with E-state index in [4.69, 9.17) is 0 Å². The lowest BCUT2D eigenvalue weighted by Gasteiger charge is -2.22. The fourth-order valence-corrected chi connectivity index (χ4v) is 4.56. The van der Waals surface area contributed by atoms with E-state index in [0.717, 1.165) is 0 Å². The average Bonchev–Trinajstić information content (AvgIpc) is 3.00. The molecule has 3 rings (SSSR count). The molecule has 1 aromatic heterocycles. The molecule has 0 saturated carbocycles. The second kappa shape index (κ2) is 7.36. The highest BCUT2D eigenvalue weighted by atomic mass is 32.2. The van der Waals surface area contributed by atoms with Gasteiger partial charge in [0.15, 0.2) is 9.84 Å². The molecule has 0 aliphatic carbocycles. The van der Waals surface area contributed by atoms with Crippen LogP contribution in [0.1, 0.15) is 22.5 Å². The molecule has 1 amide bonds. The van der Waals surface area contributed by atoms with E-state index < -0.39 is 9.84 Å². The molecule has 1 unspecified atom stereocenters. The third kappa shape index (κ3) is 4.16. The molecular formula is C17H19FN4O3S. The van der Waals surface area contributed by atoms with Gasteiger partial charge in [0.2, 0.25) is 0 Å². The minimum atomic E-state index is -3.07. The monoisotopic (exact) mass is 378 g/mol. The van der Waals surface area contributed by atoms with Gasteiger partial charge in [-0.05, 0) is 12.5 Å². The van der Waals surface area contributed by atoms with E-state index in [-0.39, 0.29) is 41.5 Å². The van der Waals surface area contributed by atoms with Crippen LogP contribution >= 0.6 is 0 Å². The van der Waals surface area contributed by atoms with Crippen LogP contribution in [0.2, 0.25) is 0 Å². The molecule has 0 radical (unpaired) electrons. The second-order valence-corrected chi connectivity index (χ2v) is 8.43. The Morgan fingerprint density at radius 3 is 2.69 bits per heavy atom. The fourth-order valence-electron chi connectivity index (χ4n) is 2.78. The van der Waals surface area contributed by atoms with Gasteiger partial charge in [0.05, 0.1) is 23.9 Å². The van der Waals surface area contributed by atoms with Crippen LogP contribution in [0.25, 0.3) is 0 Å². The zero-order chi connectivity index (χ0) is 18.7. The second-order valence-electron chi connectivity index (χ2n) is 6.20. The molecule has 0 bridgehead atoms. The molecule has 1 aliphatic heterocycles. The molecular weight excluding hydrogens is 359 g/mol. The van der Waals surface area contributed by atoms with Crippen LogP contribution in [0.5, 0.6) is 0 Å². The van der Waals surface area contributed by atoms with E-state index in [1.54, 1.807) is 25.2 Å². The first-order valence-corrected chi connectivity index (χ1v) is 9.95. The maximum absolute atomic E-state index is 13.6. The van der Waals surface area contributed by atoms with Gasteiger partial charge in [0.25, 0.3) is 5.91 Å². The first-order valence-electron chi connectivity index (χ1n) is 8.12. The molecule has 9 heteroatoms. The summed E-state index contributed by atoms with van der Waals surface area (Å²) in [5.41, 5.74) is 0.630. The van der Waals surface area contributed by atoms with Gasteiger partial charge in [-0.3, -0.25) is 4.79 Å². The highest BCUT2D eigenvalue weighted by Gasteiger charge is 2.33. The lowest BCUT2D eigenvalue weighted by Crippen LogP contribution is -2.38. The van der Waals surface area contributed by atoms with Crippen molar-refractivity contribution in [1.82, 2.24) is 14.9 Å². The standard InChI is InChI=1S/C17H19FN4O3S/c1-22(13-6-7-26(24,25)11-13)17(23)15-9-21-16(10-19-15)20-8-12-4-2-3-5-14(12)18/h2-5,9-10,13H,6-8,11H2,1H3,(H,20,21). The number of nitrogens with zero attached hydrogens (tertiary/aromatic N) is 3. The van der Waals surface area contributed by atoms with Gasteiger partial charge in [0.1, 0.15) is 17.3 Å². The van der Waals surface area contributed by atoms with Crippen molar-refractivity contribution >= 4 is 21.6 Å². The topological polar surface area (TPSA) is 92.3 Å². The highest BCUT2D eigenvalue weighted by molar-refractivity contribution is 7.91. The molecule has 138 valence electrons. The summed E-state index contributed by atoms with van der Waals surface area (Å²) in [5.74, 6) is -0.200. The Bertz CT molecular complexity index is 902. The lowest BCUT2D eigenvalue weighted by molar-refractivity contribution is 0.0741. The zero-order valence-corrected chi connectivity index (χ0v) is 15.0. The van der Waals surface area contributed by atoms with E-state index in [2.05, 4.69) is 15.3 Å². The number of carbonyl (C=O) groups excluding carboxylic acids is 1. The van der Waals surface area contributed by atoms with E-state index >= 15 is 0 Å². The fraction of sp³-hybridized carbons (Fsp3) is 0.353. The Balaban J connectivity index is 1.62. The summed E-state index contributed by atoms with van der Waals surface area (Å²) >= 11 is 0. The quantitative estimate of drug-likeness (QED) is 0.847. The maximum atomic E-state index is 13.6. The van der Waals surface area contributed by atoms with E-state index in [1.807, 2.05) is 0 Å². The van der Waals surface area contributed by atoms with E-state index in [1.165, 1.54) is 23.4 Å². The van der Waals surface area contributed by atoms with Crippen molar-refractivity contribution in [2.45, 2.75) is 19.0 Å². The third-order valence-corrected chi connectivity index (χ3v) is 6.12. The van der Waals surface area contributed by atoms with Crippen molar-refractivity contribution in [2.24, 2.45) is 0 Å². The SMILES string of the molecule is CN(C(=O)c1cnc(NCc2ccccc2F)cn1)C1CCS(=O)(=O)C1. The molecule has 1 fully saturated rings. The smallest absolute Gasteiger partial charge is 0.274 e. The van der Waals surface area contributed by atoms with Gasteiger partial charge >= 0.3 is 0 Å². The molecule has 26 heavy (non-hydrogen) atoms. The molecule has 1 aromatic carbocycles. The van der Waals surface area contributed by atoms with Gasteiger partial charge < -0.3 is 10.2 Å². The van der Waals surface area contributed by atoms with Crippen LogP contribution in [0.4, 0.5) is 10.2 Å². The van der Waals surface area contributed by atoms with Crippen LogP contribution in [-0.2, 0) is 16.4 Å². The predicted molar refractivity (Wildman–Crippen MR) is 94.9 cm³/mol. The summed E-state index contributed by atoms with van der Waals surface area (Å²) in [5, 5.41) is 2.95. The number of halogens is 1. The number of sulfone groups is 1. The third-order valence-electron chi connectivity index (χ3n) is 4.37. The number of anilines is 1. The van der Waals surface area contributed by atoms with Crippen molar-refractivity contribution in [3.05, 3.63) is 53.7 Å². The minimum Gasteiger partial charge on any atom is -0.365 e. The van der Waals surface area contributed by atoms with Crippen LogP contribution in [0.15, 0.2) is 36.7 Å². The number of carbonyl (C=O) groups is 1. The number of nitrogens with one attached hydrogen (secondary N) is 1. The highest BCUT2D eigenvalue weighted by Crippen LogP contribution is 2.18. The van der Waals surface area contributed by atoms with E-state index in [0.29, 0.717) is 17.8 Å². The Morgan fingerprint density at radius 1 is 1.31 bits per heavy atom. The average molecular weight is 378 g/mol. The number of rotatable bonds is 5. The minimum absolute atomic E-state index is 0.0229. The lowest BCUT2D eigenvalue weighted by atomic mass is 10.2. The molecule has 7 nitrogen and oxygen atoms in total. The van der Waals surface area contributed by atoms with Crippen LogP contribution < -0.4 is 5.32 Å². The number of amides is 1. The van der Waals surface area contributed by atoms with Gasteiger partial charge in [-0.2, -0.15) is 0 Å². The normalized spacial score (nSPS) is 18.5. The van der Waals surface area contributed by atoms with Gasteiger partial charge in [0, 0.05) is 25.2 Å². The Morgan fingerprint density at radius 2 is 2.08 bits per heavy atom. The van der Waals surface area contributed by atoms with Crippen molar-refractivity contribution in [2.75, 3.05) is 23.9 Å². The molecule has 1 N–H and O–H groups in total.